The fourth-order valence-corrected chi connectivity index (χ4v) is 4.13. The summed E-state index contributed by atoms with van der Waals surface area (Å²) < 4.78 is 1.03. The number of benzene rings is 4. The molecule has 1 amide bonds. The Morgan fingerprint density at radius 2 is 1.45 bits per heavy atom. The minimum absolute atomic E-state index is 0.126. The molecule has 0 radical (unpaired) electrons. The highest BCUT2D eigenvalue weighted by molar-refractivity contribution is 9.10. The monoisotopic (exact) mass is 470 g/mol. The molecule has 0 aromatic heterocycles. The molecule has 4 heteroatoms. The molecule has 0 aliphatic heterocycles. The molecular formula is C27H23BrN2O. The van der Waals surface area contributed by atoms with Crippen molar-refractivity contribution in [3.63, 3.8) is 0 Å². The van der Waals surface area contributed by atoms with Gasteiger partial charge in [-0.2, -0.15) is 5.10 Å². The first-order valence-electron chi connectivity index (χ1n) is 10.3. The Kier molecular flexibility index (Phi) is 6.58. The summed E-state index contributed by atoms with van der Waals surface area (Å²) in [7, 11) is 0. The molecule has 0 fully saturated rings. The highest BCUT2D eigenvalue weighted by atomic mass is 79.9. The van der Waals surface area contributed by atoms with Gasteiger partial charge in [0.2, 0.25) is 5.91 Å². The van der Waals surface area contributed by atoms with E-state index < -0.39 is 0 Å². The Balaban J connectivity index is 1.48. The second-order valence-electron chi connectivity index (χ2n) is 7.32. The number of nitrogens with one attached hydrogen (secondary N) is 1. The van der Waals surface area contributed by atoms with Crippen LogP contribution < -0.4 is 5.43 Å². The van der Waals surface area contributed by atoms with E-state index in [1.807, 2.05) is 61.5 Å². The zero-order valence-electron chi connectivity index (χ0n) is 17.3. The molecule has 0 heterocycles. The predicted molar refractivity (Wildman–Crippen MR) is 132 cm³/mol. The number of amides is 1. The summed E-state index contributed by atoms with van der Waals surface area (Å²) in [6.45, 7) is 2.04. The van der Waals surface area contributed by atoms with E-state index >= 15 is 0 Å². The summed E-state index contributed by atoms with van der Waals surface area (Å²) in [4.78, 5) is 12.6. The number of halogens is 1. The molecule has 0 spiro atoms. The van der Waals surface area contributed by atoms with E-state index in [2.05, 4.69) is 62.9 Å². The Labute approximate surface area is 190 Å². The quantitative estimate of drug-likeness (QED) is 0.246. The van der Waals surface area contributed by atoms with Crippen LogP contribution in [0.15, 0.2) is 101 Å². The van der Waals surface area contributed by atoms with Crippen molar-refractivity contribution in [3.05, 3.63) is 107 Å². The Morgan fingerprint density at radius 1 is 0.806 bits per heavy atom. The lowest BCUT2D eigenvalue weighted by Crippen LogP contribution is -2.22. The first-order valence-corrected chi connectivity index (χ1v) is 11.1. The van der Waals surface area contributed by atoms with Gasteiger partial charge in [0.1, 0.15) is 0 Å². The van der Waals surface area contributed by atoms with E-state index in [9.17, 15) is 4.79 Å². The average Bonchev–Trinajstić information content (AvgIpc) is 2.82. The maximum Gasteiger partial charge on any atom is 0.244 e. The second kappa shape index (κ2) is 9.71. The van der Waals surface area contributed by atoms with Crippen LogP contribution in [0, 0.1) is 0 Å². The fraction of sp³-hybridized carbons (Fsp3) is 0.111. The Morgan fingerprint density at radius 3 is 2.16 bits per heavy atom. The van der Waals surface area contributed by atoms with Gasteiger partial charge in [-0.1, -0.05) is 108 Å². The number of nitrogens with zero attached hydrogens (tertiary/aromatic N) is 1. The van der Waals surface area contributed by atoms with Crippen LogP contribution in [0.1, 0.15) is 24.5 Å². The maximum atomic E-state index is 12.6. The van der Waals surface area contributed by atoms with E-state index in [1.165, 1.54) is 5.56 Å². The molecule has 4 aromatic rings. The van der Waals surface area contributed by atoms with Crippen LogP contribution in [0.5, 0.6) is 0 Å². The van der Waals surface area contributed by atoms with Crippen molar-refractivity contribution >= 4 is 38.3 Å². The molecule has 3 nitrogen and oxygen atoms in total. The number of hydrogen-bond donors (Lipinski definition) is 1. The fourth-order valence-electron chi connectivity index (χ4n) is 3.65. The summed E-state index contributed by atoms with van der Waals surface area (Å²) in [5.74, 6) is -0.126. The van der Waals surface area contributed by atoms with E-state index in [-0.39, 0.29) is 12.3 Å². The minimum atomic E-state index is -0.126. The van der Waals surface area contributed by atoms with Gasteiger partial charge in [0.15, 0.2) is 0 Å². The number of fused-ring (bicyclic) bond motifs is 1. The van der Waals surface area contributed by atoms with Crippen LogP contribution in [0.2, 0.25) is 0 Å². The van der Waals surface area contributed by atoms with Gasteiger partial charge in [0, 0.05) is 4.47 Å². The van der Waals surface area contributed by atoms with Gasteiger partial charge in [0.25, 0.3) is 0 Å². The van der Waals surface area contributed by atoms with E-state index in [1.54, 1.807) is 0 Å². The number of hydrazone groups is 1. The largest absolute Gasteiger partial charge is 0.273 e. The van der Waals surface area contributed by atoms with Crippen LogP contribution in [-0.4, -0.2) is 11.6 Å². The van der Waals surface area contributed by atoms with Gasteiger partial charge >= 0.3 is 0 Å². The molecule has 0 atom stereocenters. The topological polar surface area (TPSA) is 41.5 Å². The maximum absolute atomic E-state index is 12.6. The standard InChI is InChI=1S/C27H23BrN2O/c1-2-26(21-14-12-20(13-15-21)19-8-4-3-5-9-19)29-30-27(31)18-22-16-17-25(28)24-11-7-6-10-23(22)24/h3-17H,2,18H2,1H3,(H,30,31)/b29-26+. The Bertz CT molecular complexity index is 1230. The van der Waals surface area contributed by atoms with Crippen molar-refractivity contribution in [1.82, 2.24) is 5.43 Å². The van der Waals surface area contributed by atoms with Crippen LogP contribution in [0.25, 0.3) is 21.9 Å². The molecule has 154 valence electrons. The predicted octanol–water partition coefficient (Wildman–Crippen LogP) is 6.74. The third-order valence-corrected chi connectivity index (χ3v) is 5.98. The second-order valence-corrected chi connectivity index (χ2v) is 8.17. The smallest absolute Gasteiger partial charge is 0.244 e. The normalized spacial score (nSPS) is 11.5. The van der Waals surface area contributed by atoms with Crippen LogP contribution in [0.3, 0.4) is 0 Å². The van der Waals surface area contributed by atoms with Crippen LogP contribution in [-0.2, 0) is 11.2 Å². The van der Waals surface area contributed by atoms with Gasteiger partial charge in [-0.3, -0.25) is 4.79 Å². The highest BCUT2D eigenvalue weighted by Crippen LogP contribution is 2.27. The Hall–Kier alpha value is -3.24. The summed E-state index contributed by atoms with van der Waals surface area (Å²) in [5.41, 5.74) is 7.93. The van der Waals surface area contributed by atoms with Gasteiger partial charge in [-0.05, 0) is 45.5 Å². The van der Waals surface area contributed by atoms with Gasteiger partial charge in [0.05, 0.1) is 12.1 Å². The molecule has 0 aliphatic carbocycles. The first-order chi connectivity index (χ1) is 15.2. The summed E-state index contributed by atoms with van der Waals surface area (Å²) in [5, 5.41) is 6.59. The lowest BCUT2D eigenvalue weighted by molar-refractivity contribution is -0.120. The lowest BCUT2D eigenvalue weighted by Gasteiger charge is -2.09. The summed E-state index contributed by atoms with van der Waals surface area (Å²) >= 11 is 3.58. The van der Waals surface area contributed by atoms with Crippen LogP contribution in [0.4, 0.5) is 0 Å². The molecular weight excluding hydrogens is 448 g/mol. The van der Waals surface area contributed by atoms with E-state index in [4.69, 9.17) is 0 Å². The molecule has 31 heavy (non-hydrogen) atoms. The zero-order valence-corrected chi connectivity index (χ0v) is 18.9. The van der Waals surface area contributed by atoms with E-state index in [0.717, 1.165) is 44.1 Å². The number of carbonyl (C=O) groups is 1. The lowest BCUT2D eigenvalue weighted by atomic mass is 10.0. The van der Waals surface area contributed by atoms with Crippen LogP contribution >= 0.6 is 15.9 Å². The van der Waals surface area contributed by atoms with Crippen molar-refractivity contribution in [2.24, 2.45) is 5.10 Å². The minimum Gasteiger partial charge on any atom is -0.273 e. The molecule has 0 saturated heterocycles. The number of carbonyl (C=O) groups excluding carboxylic acids is 1. The van der Waals surface area contributed by atoms with Crippen molar-refractivity contribution < 1.29 is 4.79 Å². The van der Waals surface area contributed by atoms with Crippen molar-refractivity contribution in [2.45, 2.75) is 19.8 Å². The van der Waals surface area contributed by atoms with Gasteiger partial charge < -0.3 is 0 Å². The van der Waals surface area contributed by atoms with Crippen molar-refractivity contribution in [3.8, 4) is 11.1 Å². The molecule has 0 unspecified atom stereocenters. The molecule has 4 aromatic carbocycles. The van der Waals surface area contributed by atoms with Gasteiger partial charge in [-0.25, -0.2) is 5.43 Å². The molecule has 1 N–H and O–H groups in total. The SMILES string of the molecule is CC/C(=N\NC(=O)Cc1ccc(Br)c2ccccc12)c1ccc(-c2ccccc2)cc1. The van der Waals surface area contributed by atoms with Crippen molar-refractivity contribution in [2.75, 3.05) is 0 Å². The summed E-state index contributed by atoms with van der Waals surface area (Å²) in [6, 6.07) is 30.6. The van der Waals surface area contributed by atoms with Gasteiger partial charge in [-0.15, -0.1) is 0 Å². The molecule has 0 bridgehead atoms. The third-order valence-electron chi connectivity index (χ3n) is 5.29. The number of rotatable bonds is 6. The molecule has 0 saturated carbocycles. The van der Waals surface area contributed by atoms with E-state index in [0.29, 0.717) is 0 Å². The van der Waals surface area contributed by atoms with Crippen molar-refractivity contribution in [1.29, 1.82) is 0 Å². The molecule has 0 aliphatic rings. The first kappa shape index (κ1) is 21.0. The molecule has 4 rings (SSSR count). The number of hydrogen-bond acceptors (Lipinski definition) is 2. The zero-order chi connectivity index (χ0) is 21.6. The third kappa shape index (κ3) is 4.92. The highest BCUT2D eigenvalue weighted by Gasteiger charge is 2.09. The summed E-state index contributed by atoms with van der Waals surface area (Å²) in [6.07, 6.45) is 1.01. The average molecular weight is 471 g/mol.